The van der Waals surface area contributed by atoms with Gasteiger partial charge in [-0.05, 0) is 31.2 Å². The molecule has 0 aliphatic rings. The molecule has 0 unspecified atom stereocenters. The van der Waals surface area contributed by atoms with Crippen LogP contribution in [0.3, 0.4) is 0 Å². The van der Waals surface area contributed by atoms with Crippen LogP contribution in [0, 0.1) is 5.82 Å². The zero-order valence-corrected chi connectivity index (χ0v) is 12.1. The van der Waals surface area contributed by atoms with E-state index in [2.05, 4.69) is 5.32 Å². The molecule has 0 spiro atoms. The van der Waals surface area contributed by atoms with E-state index in [1.165, 1.54) is 12.1 Å². The van der Waals surface area contributed by atoms with Gasteiger partial charge in [-0.3, -0.25) is 0 Å². The highest BCUT2D eigenvalue weighted by Gasteiger charge is 2.10. The van der Waals surface area contributed by atoms with Gasteiger partial charge in [0.1, 0.15) is 18.2 Å². The fourth-order valence-corrected chi connectivity index (χ4v) is 2.87. The van der Waals surface area contributed by atoms with Crippen LogP contribution >= 0.6 is 0 Å². The zero-order valence-electron chi connectivity index (χ0n) is 11.3. The maximum atomic E-state index is 13.3. The van der Waals surface area contributed by atoms with Crippen LogP contribution in [0.5, 0.6) is 5.75 Å². The lowest BCUT2D eigenvalue weighted by Crippen LogP contribution is -2.17. The zero-order chi connectivity index (χ0) is 14.3. The number of ether oxygens (including phenoxy) is 1. The van der Waals surface area contributed by atoms with Gasteiger partial charge in [0.25, 0.3) is 0 Å². The normalized spacial score (nSPS) is 11.5. The molecule has 0 aromatic heterocycles. The number of hydrogen-bond donors (Lipinski definition) is 1. The van der Waals surface area contributed by atoms with Gasteiger partial charge in [-0.15, -0.1) is 0 Å². The van der Waals surface area contributed by atoms with E-state index in [1.54, 1.807) is 13.1 Å². The first-order chi connectivity index (χ1) is 8.96. The Morgan fingerprint density at radius 2 is 2.00 bits per heavy atom. The lowest BCUT2D eigenvalue weighted by Gasteiger charge is -2.09. The van der Waals surface area contributed by atoms with Crippen LogP contribution in [0.25, 0.3) is 0 Å². The van der Waals surface area contributed by atoms with Gasteiger partial charge in [0.15, 0.2) is 9.84 Å². The van der Waals surface area contributed by atoms with E-state index in [0.29, 0.717) is 18.7 Å². The molecule has 0 bridgehead atoms. The van der Waals surface area contributed by atoms with Gasteiger partial charge < -0.3 is 10.1 Å². The van der Waals surface area contributed by atoms with Gasteiger partial charge in [0.05, 0.1) is 11.5 Å². The molecule has 0 saturated heterocycles. The van der Waals surface area contributed by atoms with Crippen LogP contribution < -0.4 is 10.1 Å². The molecule has 0 saturated carbocycles. The Bertz CT molecular complexity index is 503. The van der Waals surface area contributed by atoms with Crippen molar-refractivity contribution in [2.75, 3.05) is 25.2 Å². The van der Waals surface area contributed by atoms with E-state index in [9.17, 15) is 12.8 Å². The van der Waals surface area contributed by atoms with Crippen molar-refractivity contribution in [3.8, 4) is 5.75 Å². The van der Waals surface area contributed by atoms with Crippen LogP contribution in [-0.2, 0) is 16.4 Å². The maximum absolute atomic E-state index is 13.3. The molecule has 0 heterocycles. The number of hydrogen-bond acceptors (Lipinski definition) is 4. The van der Waals surface area contributed by atoms with Crippen molar-refractivity contribution in [2.24, 2.45) is 0 Å². The molecule has 6 heteroatoms. The summed E-state index contributed by atoms with van der Waals surface area (Å²) < 4.78 is 41.6. The molecule has 1 rings (SSSR count). The second-order valence-electron chi connectivity index (χ2n) is 4.33. The summed E-state index contributed by atoms with van der Waals surface area (Å²) in [6, 6.07) is 4.37. The highest BCUT2D eigenvalue weighted by molar-refractivity contribution is 7.91. The number of rotatable bonds is 8. The van der Waals surface area contributed by atoms with Crippen molar-refractivity contribution in [1.82, 2.24) is 5.32 Å². The lowest BCUT2D eigenvalue weighted by molar-refractivity contribution is 0.338. The first-order valence-electron chi connectivity index (χ1n) is 6.24. The van der Waals surface area contributed by atoms with Gasteiger partial charge in [-0.1, -0.05) is 6.92 Å². The third-order valence-electron chi connectivity index (χ3n) is 2.49. The number of halogens is 1. The van der Waals surface area contributed by atoms with Crippen molar-refractivity contribution in [1.29, 1.82) is 0 Å². The van der Waals surface area contributed by atoms with Gasteiger partial charge in [-0.25, -0.2) is 12.8 Å². The van der Waals surface area contributed by atoms with E-state index < -0.39 is 9.84 Å². The van der Waals surface area contributed by atoms with Gasteiger partial charge >= 0.3 is 0 Å². The lowest BCUT2D eigenvalue weighted by atomic mass is 10.2. The largest absolute Gasteiger partial charge is 0.492 e. The van der Waals surface area contributed by atoms with E-state index in [0.717, 1.165) is 5.56 Å². The smallest absolute Gasteiger partial charge is 0.153 e. The molecule has 0 aliphatic heterocycles. The molecule has 0 amide bonds. The predicted molar refractivity (Wildman–Crippen MR) is 73.6 cm³/mol. The topological polar surface area (TPSA) is 55.4 Å². The van der Waals surface area contributed by atoms with Crippen LogP contribution in [0.4, 0.5) is 4.39 Å². The van der Waals surface area contributed by atoms with Gasteiger partial charge in [-0.2, -0.15) is 0 Å². The molecule has 4 nitrogen and oxygen atoms in total. The van der Waals surface area contributed by atoms with E-state index in [4.69, 9.17) is 4.74 Å². The molecule has 108 valence electrons. The number of benzene rings is 1. The van der Waals surface area contributed by atoms with E-state index in [1.807, 2.05) is 6.92 Å². The van der Waals surface area contributed by atoms with Crippen molar-refractivity contribution < 1.29 is 17.5 Å². The molecule has 1 aromatic rings. The Labute approximate surface area is 113 Å². The Kier molecular flexibility index (Phi) is 6.24. The van der Waals surface area contributed by atoms with Crippen LogP contribution in [0.2, 0.25) is 0 Å². The summed E-state index contributed by atoms with van der Waals surface area (Å²) in [5.41, 5.74) is 0.758. The third kappa shape index (κ3) is 6.02. The standard InChI is InChI=1S/C13H20FNO3S/c1-3-5-19(16,17)6-4-18-13-8-11(10-15-2)7-12(14)9-13/h7-9,15H,3-6,10H2,1-2H3. The molecule has 0 atom stereocenters. The summed E-state index contributed by atoms with van der Waals surface area (Å²) in [7, 11) is -1.30. The minimum absolute atomic E-state index is 0.0429. The van der Waals surface area contributed by atoms with Crippen LogP contribution in [0.15, 0.2) is 18.2 Å². The van der Waals surface area contributed by atoms with Gasteiger partial charge in [0.2, 0.25) is 0 Å². The van der Waals surface area contributed by atoms with E-state index in [-0.39, 0.29) is 23.9 Å². The molecular weight excluding hydrogens is 269 g/mol. The van der Waals surface area contributed by atoms with Crippen molar-refractivity contribution in [2.45, 2.75) is 19.9 Å². The van der Waals surface area contributed by atoms with Crippen molar-refractivity contribution in [3.05, 3.63) is 29.6 Å². The summed E-state index contributed by atoms with van der Waals surface area (Å²) in [5, 5.41) is 2.92. The summed E-state index contributed by atoms with van der Waals surface area (Å²) in [6.45, 7) is 2.39. The van der Waals surface area contributed by atoms with Crippen LogP contribution in [-0.4, -0.2) is 33.6 Å². The second kappa shape index (κ2) is 7.45. The Morgan fingerprint density at radius 3 is 2.63 bits per heavy atom. The minimum Gasteiger partial charge on any atom is -0.492 e. The summed E-state index contributed by atoms with van der Waals surface area (Å²) in [6.07, 6.45) is 0.592. The first kappa shape index (κ1) is 15.9. The molecule has 0 radical (unpaired) electrons. The monoisotopic (exact) mass is 289 g/mol. The second-order valence-corrected chi connectivity index (χ2v) is 6.63. The SMILES string of the molecule is CCCS(=O)(=O)CCOc1cc(F)cc(CNC)c1. The highest BCUT2D eigenvalue weighted by atomic mass is 32.2. The third-order valence-corrected chi connectivity index (χ3v) is 4.31. The van der Waals surface area contributed by atoms with Crippen molar-refractivity contribution >= 4 is 9.84 Å². The van der Waals surface area contributed by atoms with Crippen LogP contribution in [0.1, 0.15) is 18.9 Å². The predicted octanol–water partition coefficient (Wildman–Crippen LogP) is 1.75. The Morgan fingerprint density at radius 1 is 1.26 bits per heavy atom. The fraction of sp³-hybridized carbons (Fsp3) is 0.538. The first-order valence-corrected chi connectivity index (χ1v) is 8.06. The average Bonchev–Trinajstić information content (AvgIpc) is 2.28. The minimum atomic E-state index is -3.06. The molecule has 0 fully saturated rings. The Hall–Kier alpha value is -1.14. The Balaban J connectivity index is 2.58. The molecule has 0 aliphatic carbocycles. The van der Waals surface area contributed by atoms with Crippen molar-refractivity contribution in [3.63, 3.8) is 0 Å². The number of nitrogens with one attached hydrogen (secondary N) is 1. The molecule has 1 aromatic carbocycles. The molecule has 19 heavy (non-hydrogen) atoms. The van der Waals surface area contributed by atoms with E-state index >= 15 is 0 Å². The van der Waals surface area contributed by atoms with Gasteiger partial charge in [0, 0.05) is 12.6 Å². The fourth-order valence-electron chi connectivity index (χ4n) is 1.71. The number of sulfone groups is 1. The highest BCUT2D eigenvalue weighted by Crippen LogP contribution is 2.16. The summed E-state index contributed by atoms with van der Waals surface area (Å²) in [5.74, 6) is 0.0829. The summed E-state index contributed by atoms with van der Waals surface area (Å²) >= 11 is 0. The average molecular weight is 289 g/mol. The quantitative estimate of drug-likeness (QED) is 0.792. The maximum Gasteiger partial charge on any atom is 0.153 e. The molecular formula is C13H20FNO3S. The summed E-state index contributed by atoms with van der Waals surface area (Å²) in [4.78, 5) is 0. The molecule has 1 N–H and O–H groups in total.